The highest BCUT2D eigenvalue weighted by molar-refractivity contribution is 7.99. The van der Waals surface area contributed by atoms with Crippen LogP contribution in [-0.4, -0.2) is 19.5 Å². The van der Waals surface area contributed by atoms with Crippen LogP contribution >= 0.6 is 11.8 Å². The maximum atomic E-state index is 5.16. The van der Waals surface area contributed by atoms with Crippen LogP contribution in [0.15, 0.2) is 180 Å². The van der Waals surface area contributed by atoms with Crippen molar-refractivity contribution in [3.8, 4) is 51.0 Å². The molecule has 7 aromatic carbocycles. The highest BCUT2D eigenvalue weighted by atomic mass is 32.2. The van der Waals surface area contributed by atoms with Crippen molar-refractivity contribution in [1.29, 1.82) is 0 Å². The van der Waals surface area contributed by atoms with Crippen LogP contribution in [0.5, 0.6) is 0 Å². The SMILES string of the molecule is CC1(C)c2cccc(-c3nc(-c4ccccc4)nc(-c4ccccc4)n3)c2Sc2c(-n3c4ccccc4c4cc(-c5ccccc5)ccc43)cccc21. The van der Waals surface area contributed by atoms with Crippen molar-refractivity contribution >= 4 is 33.6 Å². The summed E-state index contributed by atoms with van der Waals surface area (Å²) in [6.07, 6.45) is 0. The second-order valence-electron chi connectivity index (χ2n) is 14.1. The topological polar surface area (TPSA) is 43.6 Å². The molecule has 0 amide bonds. The summed E-state index contributed by atoms with van der Waals surface area (Å²) in [6, 6.07) is 60.1. The van der Waals surface area contributed by atoms with Crippen molar-refractivity contribution in [2.24, 2.45) is 0 Å². The van der Waals surface area contributed by atoms with Crippen molar-refractivity contribution in [2.75, 3.05) is 0 Å². The molecule has 53 heavy (non-hydrogen) atoms. The Kier molecular flexibility index (Phi) is 7.37. The van der Waals surface area contributed by atoms with E-state index in [1.54, 1.807) is 0 Å². The van der Waals surface area contributed by atoms with Crippen molar-refractivity contribution in [3.05, 3.63) is 181 Å². The number of benzene rings is 7. The van der Waals surface area contributed by atoms with Gasteiger partial charge in [-0.15, -0.1) is 0 Å². The lowest BCUT2D eigenvalue weighted by molar-refractivity contribution is 0.606. The largest absolute Gasteiger partial charge is 0.308 e. The average Bonchev–Trinajstić information content (AvgIpc) is 3.55. The molecule has 4 nitrogen and oxygen atoms in total. The Morgan fingerprint density at radius 2 is 0.981 bits per heavy atom. The van der Waals surface area contributed by atoms with Gasteiger partial charge in [0, 0.05) is 42.7 Å². The Bertz CT molecular complexity index is 2770. The first-order valence-electron chi connectivity index (χ1n) is 18.0. The molecule has 10 rings (SSSR count). The van der Waals surface area contributed by atoms with Gasteiger partial charge in [-0.1, -0.05) is 171 Å². The third-order valence-corrected chi connectivity index (χ3v) is 11.8. The van der Waals surface area contributed by atoms with E-state index in [0.717, 1.165) is 16.7 Å². The van der Waals surface area contributed by atoms with E-state index in [-0.39, 0.29) is 5.41 Å². The fourth-order valence-corrected chi connectivity index (χ4v) is 9.44. The standard InChI is InChI=1S/C48H34N4S/c1-48(2)38-24-14-23-36(47-50-45(32-18-8-4-9-19-32)49-46(51-47)33-20-10-5-11-21-33)43(38)53-44-39(48)25-15-27-42(44)52-40-26-13-12-22-35(40)37-30-34(28-29-41(37)52)31-16-6-3-7-17-31/h3-30H,1-2H3. The van der Waals surface area contributed by atoms with Crippen LogP contribution in [0.1, 0.15) is 25.0 Å². The molecule has 0 spiro atoms. The first kappa shape index (κ1) is 31.4. The maximum absolute atomic E-state index is 5.16. The summed E-state index contributed by atoms with van der Waals surface area (Å²) in [4.78, 5) is 17.7. The molecule has 0 radical (unpaired) electrons. The lowest BCUT2D eigenvalue weighted by Crippen LogP contribution is -2.25. The van der Waals surface area contributed by atoms with Gasteiger partial charge < -0.3 is 4.57 Å². The molecule has 0 saturated carbocycles. The van der Waals surface area contributed by atoms with Crippen LogP contribution in [-0.2, 0) is 5.41 Å². The summed E-state index contributed by atoms with van der Waals surface area (Å²) in [5.41, 5.74) is 11.2. The van der Waals surface area contributed by atoms with Crippen molar-refractivity contribution in [2.45, 2.75) is 29.1 Å². The highest BCUT2D eigenvalue weighted by Crippen LogP contribution is 2.54. The van der Waals surface area contributed by atoms with Crippen LogP contribution in [0.3, 0.4) is 0 Å². The van der Waals surface area contributed by atoms with Gasteiger partial charge in [0.25, 0.3) is 0 Å². The Morgan fingerprint density at radius 3 is 1.66 bits per heavy atom. The zero-order valence-electron chi connectivity index (χ0n) is 29.4. The van der Waals surface area contributed by atoms with Crippen molar-refractivity contribution in [3.63, 3.8) is 0 Å². The van der Waals surface area contributed by atoms with Gasteiger partial charge in [-0.3, -0.25) is 0 Å². The average molecular weight is 699 g/mol. The van der Waals surface area contributed by atoms with Gasteiger partial charge in [-0.2, -0.15) is 0 Å². The van der Waals surface area contributed by atoms with E-state index in [9.17, 15) is 0 Å². The second kappa shape index (κ2) is 12.4. The molecule has 3 heterocycles. The summed E-state index contributed by atoms with van der Waals surface area (Å²) in [7, 11) is 0. The lowest BCUT2D eigenvalue weighted by atomic mass is 9.77. The molecular formula is C48H34N4S. The molecule has 0 atom stereocenters. The van der Waals surface area contributed by atoms with Crippen LogP contribution < -0.4 is 0 Å². The molecular weight excluding hydrogens is 665 g/mol. The molecule has 0 aliphatic carbocycles. The first-order valence-corrected chi connectivity index (χ1v) is 18.8. The minimum atomic E-state index is -0.279. The fraction of sp³-hybridized carbons (Fsp3) is 0.0625. The number of hydrogen-bond donors (Lipinski definition) is 0. The number of hydrogen-bond acceptors (Lipinski definition) is 4. The summed E-state index contributed by atoms with van der Waals surface area (Å²) >= 11 is 1.83. The van der Waals surface area contributed by atoms with Gasteiger partial charge in [-0.25, -0.2) is 15.0 Å². The molecule has 0 fully saturated rings. The van der Waals surface area contributed by atoms with Gasteiger partial charge in [0.05, 0.1) is 16.7 Å². The third-order valence-electron chi connectivity index (χ3n) is 10.5. The highest BCUT2D eigenvalue weighted by Gasteiger charge is 2.36. The second-order valence-corrected chi connectivity index (χ2v) is 15.1. The molecule has 2 aromatic heterocycles. The summed E-state index contributed by atoms with van der Waals surface area (Å²) in [6.45, 7) is 4.68. The number of nitrogens with zero attached hydrogens (tertiary/aromatic N) is 4. The van der Waals surface area contributed by atoms with Gasteiger partial charge in [-0.05, 0) is 46.5 Å². The predicted molar refractivity (Wildman–Crippen MR) is 219 cm³/mol. The van der Waals surface area contributed by atoms with Crippen LogP contribution in [0.25, 0.3) is 72.8 Å². The smallest absolute Gasteiger partial charge is 0.165 e. The molecule has 5 heteroatoms. The Hall–Kier alpha value is -6.30. The lowest BCUT2D eigenvalue weighted by Gasteiger charge is -2.36. The normalized spacial score (nSPS) is 13.2. The van der Waals surface area contributed by atoms with Crippen molar-refractivity contribution in [1.82, 2.24) is 19.5 Å². The van der Waals surface area contributed by atoms with Gasteiger partial charge in [0.1, 0.15) is 0 Å². The van der Waals surface area contributed by atoms with E-state index in [0.29, 0.717) is 17.5 Å². The molecule has 0 bridgehead atoms. The van der Waals surface area contributed by atoms with Gasteiger partial charge in [0.15, 0.2) is 17.5 Å². The monoisotopic (exact) mass is 698 g/mol. The predicted octanol–water partition coefficient (Wildman–Crippen LogP) is 12.4. The Balaban J connectivity index is 1.18. The zero-order valence-corrected chi connectivity index (χ0v) is 30.2. The third kappa shape index (κ3) is 5.19. The molecule has 0 N–H and O–H groups in total. The summed E-state index contributed by atoms with van der Waals surface area (Å²) in [5.74, 6) is 1.99. The van der Waals surface area contributed by atoms with E-state index in [1.807, 2.05) is 48.2 Å². The van der Waals surface area contributed by atoms with E-state index in [2.05, 4.69) is 152 Å². The number of fused-ring (bicyclic) bond motifs is 5. The zero-order chi connectivity index (χ0) is 35.5. The quantitative estimate of drug-likeness (QED) is 0.179. The van der Waals surface area contributed by atoms with E-state index < -0.39 is 0 Å². The fourth-order valence-electron chi connectivity index (χ4n) is 7.83. The minimum absolute atomic E-state index is 0.279. The van der Waals surface area contributed by atoms with E-state index in [1.165, 1.54) is 59.5 Å². The summed E-state index contributed by atoms with van der Waals surface area (Å²) in [5, 5.41) is 2.49. The first-order chi connectivity index (χ1) is 26.0. The van der Waals surface area contributed by atoms with Crippen molar-refractivity contribution < 1.29 is 0 Å². The van der Waals surface area contributed by atoms with Crippen LogP contribution in [0.2, 0.25) is 0 Å². The minimum Gasteiger partial charge on any atom is -0.308 e. The molecule has 1 aliphatic heterocycles. The molecule has 0 saturated heterocycles. The number of para-hydroxylation sites is 1. The van der Waals surface area contributed by atoms with Crippen LogP contribution in [0, 0.1) is 0 Å². The van der Waals surface area contributed by atoms with Gasteiger partial charge in [0.2, 0.25) is 0 Å². The molecule has 1 aliphatic rings. The number of aromatic nitrogens is 4. The van der Waals surface area contributed by atoms with E-state index in [4.69, 9.17) is 15.0 Å². The van der Waals surface area contributed by atoms with E-state index >= 15 is 0 Å². The van der Waals surface area contributed by atoms with Crippen LogP contribution in [0.4, 0.5) is 0 Å². The number of rotatable bonds is 5. The molecule has 9 aromatic rings. The molecule has 0 unspecified atom stereocenters. The Morgan fingerprint density at radius 1 is 0.434 bits per heavy atom. The maximum Gasteiger partial charge on any atom is 0.165 e. The van der Waals surface area contributed by atoms with Gasteiger partial charge >= 0.3 is 0 Å². The molecule has 252 valence electrons. The summed E-state index contributed by atoms with van der Waals surface area (Å²) < 4.78 is 2.46. The Labute approximate surface area is 312 Å².